The van der Waals surface area contributed by atoms with Gasteiger partial charge in [0.05, 0.1) is 6.61 Å². The fraction of sp³-hybridized carbons (Fsp3) is 0.571. The van der Waals surface area contributed by atoms with Crippen molar-refractivity contribution in [1.82, 2.24) is 5.32 Å². The molecule has 1 aromatic rings. The Hall–Kier alpha value is -0.860. The van der Waals surface area contributed by atoms with E-state index in [1.165, 1.54) is 5.56 Å². The Morgan fingerprint density at radius 1 is 1.25 bits per heavy atom. The summed E-state index contributed by atoms with van der Waals surface area (Å²) in [6, 6.07) is 10.7. The minimum atomic E-state index is 0.217. The Bertz CT molecular complexity index is 286. The molecule has 16 heavy (non-hydrogen) atoms. The third-order valence-electron chi connectivity index (χ3n) is 3.25. The fourth-order valence-electron chi connectivity index (χ4n) is 1.81. The molecule has 0 aliphatic carbocycles. The third kappa shape index (κ3) is 3.62. The first-order valence-electron chi connectivity index (χ1n) is 5.98. The van der Waals surface area contributed by atoms with Crippen LogP contribution in [-0.4, -0.2) is 26.8 Å². The average Bonchev–Trinajstić information content (AvgIpc) is 2.35. The largest absolute Gasteiger partial charge is 0.383 e. The minimum Gasteiger partial charge on any atom is -0.383 e. The van der Waals surface area contributed by atoms with Crippen LogP contribution >= 0.6 is 0 Å². The molecule has 0 fully saturated rings. The number of benzene rings is 1. The van der Waals surface area contributed by atoms with E-state index in [0.717, 1.165) is 26.1 Å². The fourth-order valence-corrected chi connectivity index (χ4v) is 1.81. The van der Waals surface area contributed by atoms with Crippen molar-refractivity contribution in [2.45, 2.75) is 25.7 Å². The highest BCUT2D eigenvalue weighted by molar-refractivity contribution is 5.24. The molecule has 1 unspecified atom stereocenters. The quantitative estimate of drug-likeness (QED) is 0.715. The molecule has 90 valence electrons. The molecule has 0 radical (unpaired) electrons. The van der Waals surface area contributed by atoms with E-state index in [0.29, 0.717) is 0 Å². The SMILES string of the molecule is CCC(C)(CNCCOC)c1ccccc1. The van der Waals surface area contributed by atoms with Crippen molar-refractivity contribution in [1.29, 1.82) is 0 Å². The Morgan fingerprint density at radius 2 is 1.94 bits per heavy atom. The number of hydrogen-bond donors (Lipinski definition) is 1. The molecular formula is C14H23NO. The first-order valence-corrected chi connectivity index (χ1v) is 5.98. The first-order chi connectivity index (χ1) is 7.73. The normalized spacial score (nSPS) is 14.7. The van der Waals surface area contributed by atoms with E-state index >= 15 is 0 Å². The summed E-state index contributed by atoms with van der Waals surface area (Å²) in [7, 11) is 1.73. The molecule has 0 heterocycles. The van der Waals surface area contributed by atoms with Crippen molar-refractivity contribution < 1.29 is 4.74 Å². The predicted octanol–water partition coefficient (Wildman–Crippen LogP) is 2.59. The molecule has 0 bridgehead atoms. The van der Waals surface area contributed by atoms with E-state index in [-0.39, 0.29) is 5.41 Å². The lowest BCUT2D eigenvalue weighted by molar-refractivity contribution is 0.196. The average molecular weight is 221 g/mol. The van der Waals surface area contributed by atoms with Crippen LogP contribution in [0, 0.1) is 0 Å². The van der Waals surface area contributed by atoms with Gasteiger partial charge < -0.3 is 10.1 Å². The zero-order valence-electron chi connectivity index (χ0n) is 10.6. The van der Waals surface area contributed by atoms with Crippen molar-refractivity contribution in [3.8, 4) is 0 Å². The van der Waals surface area contributed by atoms with Gasteiger partial charge in [-0.15, -0.1) is 0 Å². The maximum Gasteiger partial charge on any atom is 0.0587 e. The standard InChI is InChI=1S/C14H23NO/c1-4-14(2,12-15-10-11-16-3)13-8-6-5-7-9-13/h5-9,15H,4,10-12H2,1-3H3. The van der Waals surface area contributed by atoms with Gasteiger partial charge in [0.15, 0.2) is 0 Å². The van der Waals surface area contributed by atoms with Crippen LogP contribution in [0.1, 0.15) is 25.8 Å². The van der Waals surface area contributed by atoms with Gasteiger partial charge in [-0.25, -0.2) is 0 Å². The van der Waals surface area contributed by atoms with Gasteiger partial charge >= 0.3 is 0 Å². The molecule has 1 aromatic carbocycles. The van der Waals surface area contributed by atoms with Gasteiger partial charge in [-0.3, -0.25) is 0 Å². The van der Waals surface area contributed by atoms with E-state index in [1.807, 2.05) is 0 Å². The zero-order chi connectivity index (χ0) is 11.9. The van der Waals surface area contributed by atoms with Crippen molar-refractivity contribution in [2.75, 3.05) is 26.8 Å². The highest BCUT2D eigenvalue weighted by atomic mass is 16.5. The Balaban J connectivity index is 2.56. The molecule has 0 aliphatic rings. The molecule has 0 spiro atoms. The van der Waals surface area contributed by atoms with Crippen LogP contribution in [0.4, 0.5) is 0 Å². The lowest BCUT2D eigenvalue weighted by atomic mass is 9.80. The number of nitrogens with one attached hydrogen (secondary N) is 1. The Kier molecular flexibility index (Phi) is 5.50. The summed E-state index contributed by atoms with van der Waals surface area (Å²) in [6.07, 6.45) is 1.14. The van der Waals surface area contributed by atoms with Crippen LogP contribution in [-0.2, 0) is 10.2 Å². The third-order valence-corrected chi connectivity index (χ3v) is 3.25. The number of ether oxygens (including phenoxy) is 1. The summed E-state index contributed by atoms with van der Waals surface area (Å²) in [5.41, 5.74) is 1.62. The number of methoxy groups -OCH3 is 1. The van der Waals surface area contributed by atoms with Gasteiger partial charge in [0.25, 0.3) is 0 Å². The molecule has 1 rings (SSSR count). The summed E-state index contributed by atoms with van der Waals surface area (Å²) in [5, 5.41) is 3.45. The molecule has 1 atom stereocenters. The van der Waals surface area contributed by atoms with Gasteiger partial charge in [-0.2, -0.15) is 0 Å². The molecule has 0 aromatic heterocycles. The highest BCUT2D eigenvalue weighted by Crippen LogP contribution is 2.26. The lowest BCUT2D eigenvalue weighted by Gasteiger charge is -2.29. The summed E-state index contributed by atoms with van der Waals surface area (Å²) in [6.45, 7) is 7.23. The molecule has 0 saturated heterocycles. The molecule has 1 N–H and O–H groups in total. The van der Waals surface area contributed by atoms with E-state index in [1.54, 1.807) is 7.11 Å². The summed E-state index contributed by atoms with van der Waals surface area (Å²) in [5.74, 6) is 0. The molecule has 2 nitrogen and oxygen atoms in total. The van der Waals surface area contributed by atoms with Gasteiger partial charge in [-0.1, -0.05) is 44.2 Å². The van der Waals surface area contributed by atoms with Crippen molar-refractivity contribution in [2.24, 2.45) is 0 Å². The van der Waals surface area contributed by atoms with Crippen molar-refractivity contribution in [3.63, 3.8) is 0 Å². The smallest absolute Gasteiger partial charge is 0.0587 e. The topological polar surface area (TPSA) is 21.3 Å². The Morgan fingerprint density at radius 3 is 2.50 bits per heavy atom. The lowest BCUT2D eigenvalue weighted by Crippen LogP contribution is -2.36. The number of hydrogen-bond acceptors (Lipinski definition) is 2. The molecule has 0 saturated carbocycles. The van der Waals surface area contributed by atoms with Crippen LogP contribution in [0.2, 0.25) is 0 Å². The van der Waals surface area contributed by atoms with Gasteiger partial charge in [0, 0.05) is 25.6 Å². The van der Waals surface area contributed by atoms with Crippen LogP contribution < -0.4 is 5.32 Å². The molecule has 2 heteroatoms. The molecule has 0 aliphatic heterocycles. The second-order valence-electron chi connectivity index (χ2n) is 4.45. The van der Waals surface area contributed by atoms with E-state index < -0.39 is 0 Å². The van der Waals surface area contributed by atoms with E-state index in [4.69, 9.17) is 4.74 Å². The van der Waals surface area contributed by atoms with Crippen LogP contribution in [0.15, 0.2) is 30.3 Å². The predicted molar refractivity (Wildman–Crippen MR) is 68.8 cm³/mol. The zero-order valence-corrected chi connectivity index (χ0v) is 10.6. The summed E-state index contributed by atoms with van der Waals surface area (Å²) in [4.78, 5) is 0. The van der Waals surface area contributed by atoms with Crippen molar-refractivity contribution >= 4 is 0 Å². The Labute approximate surface area is 99.0 Å². The second-order valence-corrected chi connectivity index (χ2v) is 4.45. The summed E-state index contributed by atoms with van der Waals surface area (Å²) < 4.78 is 5.03. The van der Waals surface area contributed by atoms with E-state index in [2.05, 4.69) is 49.5 Å². The molecule has 0 amide bonds. The number of rotatable bonds is 7. The monoisotopic (exact) mass is 221 g/mol. The minimum absolute atomic E-state index is 0.217. The summed E-state index contributed by atoms with van der Waals surface area (Å²) >= 11 is 0. The first kappa shape index (κ1) is 13.2. The maximum atomic E-state index is 5.03. The van der Waals surface area contributed by atoms with Crippen LogP contribution in [0.25, 0.3) is 0 Å². The van der Waals surface area contributed by atoms with Gasteiger partial charge in [0.1, 0.15) is 0 Å². The van der Waals surface area contributed by atoms with Crippen LogP contribution in [0.3, 0.4) is 0 Å². The maximum absolute atomic E-state index is 5.03. The van der Waals surface area contributed by atoms with E-state index in [9.17, 15) is 0 Å². The molecular weight excluding hydrogens is 198 g/mol. The highest BCUT2D eigenvalue weighted by Gasteiger charge is 2.23. The van der Waals surface area contributed by atoms with Crippen molar-refractivity contribution in [3.05, 3.63) is 35.9 Å². The van der Waals surface area contributed by atoms with Gasteiger partial charge in [-0.05, 0) is 12.0 Å². The van der Waals surface area contributed by atoms with Gasteiger partial charge in [0.2, 0.25) is 0 Å². The second kappa shape index (κ2) is 6.66. The van der Waals surface area contributed by atoms with Crippen LogP contribution in [0.5, 0.6) is 0 Å².